The monoisotopic (exact) mass is 258 g/mol. The SMILES string of the molecule is Cc1ccc(Oc2ccnc(C)c2[N+](=O)[O-])cc1C. The molecule has 0 spiro atoms. The number of ether oxygens (including phenoxy) is 1. The second kappa shape index (κ2) is 5.06. The molecule has 0 aliphatic heterocycles. The van der Waals surface area contributed by atoms with Gasteiger partial charge in [-0.25, -0.2) is 0 Å². The number of pyridine rings is 1. The van der Waals surface area contributed by atoms with E-state index in [-0.39, 0.29) is 11.4 Å². The van der Waals surface area contributed by atoms with E-state index in [0.717, 1.165) is 11.1 Å². The van der Waals surface area contributed by atoms with Gasteiger partial charge in [-0.05, 0) is 44.0 Å². The van der Waals surface area contributed by atoms with E-state index in [4.69, 9.17) is 4.74 Å². The lowest BCUT2D eigenvalue weighted by atomic mass is 10.1. The number of nitrogens with zero attached hydrogens (tertiary/aromatic N) is 2. The van der Waals surface area contributed by atoms with Crippen molar-refractivity contribution in [3.05, 3.63) is 57.4 Å². The molecule has 0 aliphatic rings. The Kier molecular flexibility index (Phi) is 3.46. The fourth-order valence-corrected chi connectivity index (χ4v) is 1.74. The summed E-state index contributed by atoms with van der Waals surface area (Å²) in [4.78, 5) is 14.5. The summed E-state index contributed by atoms with van der Waals surface area (Å²) in [6, 6.07) is 7.07. The van der Waals surface area contributed by atoms with Crippen molar-refractivity contribution in [2.45, 2.75) is 20.8 Å². The summed E-state index contributed by atoms with van der Waals surface area (Å²) in [6.07, 6.45) is 1.50. The molecule has 2 rings (SSSR count). The van der Waals surface area contributed by atoms with Crippen LogP contribution in [0, 0.1) is 30.9 Å². The molecule has 0 radical (unpaired) electrons. The molecule has 0 unspecified atom stereocenters. The molecule has 19 heavy (non-hydrogen) atoms. The van der Waals surface area contributed by atoms with E-state index in [9.17, 15) is 10.1 Å². The van der Waals surface area contributed by atoms with E-state index < -0.39 is 4.92 Å². The summed E-state index contributed by atoms with van der Waals surface area (Å²) in [7, 11) is 0. The molecule has 0 aliphatic carbocycles. The van der Waals surface area contributed by atoms with Gasteiger partial charge in [-0.1, -0.05) is 6.07 Å². The van der Waals surface area contributed by atoms with Gasteiger partial charge in [0.1, 0.15) is 11.4 Å². The summed E-state index contributed by atoms with van der Waals surface area (Å²) in [6.45, 7) is 5.55. The summed E-state index contributed by atoms with van der Waals surface area (Å²) in [5.41, 5.74) is 2.46. The topological polar surface area (TPSA) is 65.3 Å². The van der Waals surface area contributed by atoms with Crippen LogP contribution in [0.25, 0.3) is 0 Å². The van der Waals surface area contributed by atoms with E-state index in [2.05, 4.69) is 4.98 Å². The highest BCUT2D eigenvalue weighted by molar-refractivity contribution is 5.51. The Morgan fingerprint density at radius 1 is 1.16 bits per heavy atom. The minimum Gasteiger partial charge on any atom is -0.450 e. The van der Waals surface area contributed by atoms with Gasteiger partial charge in [0.05, 0.1) is 4.92 Å². The van der Waals surface area contributed by atoms with E-state index in [1.165, 1.54) is 12.3 Å². The van der Waals surface area contributed by atoms with Crippen LogP contribution in [-0.4, -0.2) is 9.91 Å². The number of rotatable bonds is 3. The average Bonchev–Trinajstić information content (AvgIpc) is 2.33. The van der Waals surface area contributed by atoms with Crippen LogP contribution in [-0.2, 0) is 0 Å². The predicted octanol–water partition coefficient (Wildman–Crippen LogP) is 3.71. The molecular weight excluding hydrogens is 244 g/mol. The highest BCUT2D eigenvalue weighted by atomic mass is 16.6. The first-order valence-corrected chi connectivity index (χ1v) is 5.84. The highest BCUT2D eigenvalue weighted by Crippen LogP contribution is 2.33. The zero-order valence-electron chi connectivity index (χ0n) is 11.0. The van der Waals surface area contributed by atoms with Gasteiger partial charge in [-0.3, -0.25) is 15.1 Å². The third-order valence-corrected chi connectivity index (χ3v) is 2.96. The summed E-state index contributed by atoms with van der Waals surface area (Å²) >= 11 is 0. The summed E-state index contributed by atoms with van der Waals surface area (Å²) in [5.74, 6) is 0.789. The third kappa shape index (κ3) is 2.70. The number of hydrogen-bond donors (Lipinski definition) is 0. The van der Waals surface area contributed by atoms with Gasteiger partial charge in [0.15, 0.2) is 0 Å². The fourth-order valence-electron chi connectivity index (χ4n) is 1.74. The van der Waals surface area contributed by atoms with Crippen molar-refractivity contribution in [3.8, 4) is 11.5 Å². The fraction of sp³-hybridized carbons (Fsp3) is 0.214. The van der Waals surface area contributed by atoms with E-state index >= 15 is 0 Å². The largest absolute Gasteiger partial charge is 0.450 e. The van der Waals surface area contributed by atoms with Gasteiger partial charge in [0, 0.05) is 12.3 Å². The molecule has 1 heterocycles. The van der Waals surface area contributed by atoms with Crippen LogP contribution in [0.4, 0.5) is 5.69 Å². The van der Waals surface area contributed by atoms with Crippen molar-refractivity contribution in [3.63, 3.8) is 0 Å². The van der Waals surface area contributed by atoms with Gasteiger partial charge < -0.3 is 4.74 Å². The van der Waals surface area contributed by atoms with Crippen molar-refractivity contribution in [1.82, 2.24) is 4.98 Å². The first-order chi connectivity index (χ1) is 8.99. The standard InChI is InChI=1S/C14H14N2O3/c1-9-4-5-12(8-10(9)2)19-13-6-7-15-11(3)14(13)16(17)18/h4-8H,1-3H3. The zero-order valence-corrected chi connectivity index (χ0v) is 11.0. The molecule has 2 aromatic rings. The van der Waals surface area contributed by atoms with Crippen molar-refractivity contribution < 1.29 is 9.66 Å². The minimum atomic E-state index is -0.473. The molecule has 0 N–H and O–H groups in total. The van der Waals surface area contributed by atoms with Crippen LogP contribution >= 0.6 is 0 Å². The van der Waals surface area contributed by atoms with Crippen LogP contribution in [0.15, 0.2) is 30.5 Å². The maximum absolute atomic E-state index is 11.0. The quantitative estimate of drug-likeness (QED) is 0.621. The lowest BCUT2D eigenvalue weighted by molar-refractivity contribution is -0.386. The Hall–Kier alpha value is -2.43. The van der Waals surface area contributed by atoms with Crippen LogP contribution in [0.3, 0.4) is 0 Å². The molecule has 0 saturated carbocycles. The summed E-state index contributed by atoms with van der Waals surface area (Å²) in [5, 5.41) is 11.0. The molecule has 0 saturated heterocycles. The van der Waals surface area contributed by atoms with Gasteiger partial charge in [0.2, 0.25) is 5.75 Å². The molecule has 0 amide bonds. The van der Waals surface area contributed by atoms with Crippen molar-refractivity contribution in [1.29, 1.82) is 0 Å². The maximum Gasteiger partial charge on any atom is 0.332 e. The molecule has 1 aromatic heterocycles. The summed E-state index contributed by atoms with van der Waals surface area (Å²) < 4.78 is 5.61. The molecule has 1 aromatic carbocycles. The third-order valence-electron chi connectivity index (χ3n) is 2.96. The lowest BCUT2D eigenvalue weighted by Crippen LogP contribution is -1.98. The lowest BCUT2D eigenvalue weighted by Gasteiger charge is -2.08. The Morgan fingerprint density at radius 2 is 1.89 bits per heavy atom. The minimum absolute atomic E-state index is 0.0965. The van der Waals surface area contributed by atoms with Crippen LogP contribution in [0.1, 0.15) is 16.8 Å². The Labute approximate surface area is 111 Å². The van der Waals surface area contributed by atoms with Crippen LogP contribution in [0.5, 0.6) is 11.5 Å². The smallest absolute Gasteiger partial charge is 0.332 e. The van der Waals surface area contributed by atoms with Gasteiger partial charge in [-0.15, -0.1) is 0 Å². The Morgan fingerprint density at radius 3 is 2.53 bits per heavy atom. The normalized spacial score (nSPS) is 10.3. The van der Waals surface area contributed by atoms with Crippen molar-refractivity contribution in [2.75, 3.05) is 0 Å². The number of benzene rings is 1. The molecule has 5 heteroatoms. The molecule has 98 valence electrons. The van der Waals surface area contributed by atoms with E-state index in [1.54, 1.807) is 13.0 Å². The van der Waals surface area contributed by atoms with Crippen molar-refractivity contribution >= 4 is 5.69 Å². The molecule has 5 nitrogen and oxygen atoms in total. The number of hydrogen-bond acceptors (Lipinski definition) is 4. The Bertz CT molecular complexity index is 639. The molecular formula is C14H14N2O3. The molecule has 0 fully saturated rings. The van der Waals surface area contributed by atoms with Crippen molar-refractivity contribution in [2.24, 2.45) is 0 Å². The number of nitro groups is 1. The van der Waals surface area contributed by atoms with Gasteiger partial charge in [0.25, 0.3) is 0 Å². The predicted molar refractivity (Wildman–Crippen MR) is 71.6 cm³/mol. The van der Waals surface area contributed by atoms with Gasteiger partial charge in [-0.2, -0.15) is 0 Å². The van der Waals surface area contributed by atoms with Gasteiger partial charge >= 0.3 is 5.69 Å². The van der Waals surface area contributed by atoms with Crippen LogP contribution in [0.2, 0.25) is 0 Å². The van der Waals surface area contributed by atoms with E-state index in [1.807, 2.05) is 26.0 Å². The average molecular weight is 258 g/mol. The number of aromatic nitrogens is 1. The first kappa shape index (κ1) is 13.0. The number of aryl methyl sites for hydroxylation is 3. The zero-order chi connectivity index (χ0) is 14.0. The first-order valence-electron chi connectivity index (χ1n) is 5.84. The second-order valence-electron chi connectivity index (χ2n) is 4.35. The maximum atomic E-state index is 11.0. The molecule has 0 bridgehead atoms. The van der Waals surface area contributed by atoms with E-state index in [0.29, 0.717) is 11.4 Å². The van der Waals surface area contributed by atoms with Crippen LogP contribution < -0.4 is 4.74 Å². The Balaban J connectivity index is 2.40. The highest BCUT2D eigenvalue weighted by Gasteiger charge is 2.20. The molecule has 0 atom stereocenters. The second-order valence-corrected chi connectivity index (χ2v) is 4.35.